The van der Waals surface area contributed by atoms with Crippen molar-refractivity contribution in [2.45, 2.75) is 4.90 Å². The van der Waals surface area contributed by atoms with E-state index in [1.54, 1.807) is 24.3 Å². The van der Waals surface area contributed by atoms with Crippen LogP contribution in [0.3, 0.4) is 0 Å². The van der Waals surface area contributed by atoms with Crippen LogP contribution in [-0.4, -0.2) is 33.8 Å². The average molecular weight is 409 g/mol. The second-order valence-electron chi connectivity index (χ2n) is 6.69. The van der Waals surface area contributed by atoms with E-state index in [0.717, 1.165) is 17.4 Å². The fourth-order valence-corrected chi connectivity index (χ4v) is 3.68. The topological polar surface area (TPSA) is 81.7 Å². The second kappa shape index (κ2) is 7.60. The maximum atomic E-state index is 12.6. The van der Waals surface area contributed by atoms with Crippen molar-refractivity contribution in [1.82, 2.24) is 0 Å². The minimum atomic E-state index is -3.28. The first-order chi connectivity index (χ1) is 13.9. The third-order valence-corrected chi connectivity index (χ3v) is 5.67. The molecule has 1 heterocycles. The van der Waals surface area contributed by atoms with Gasteiger partial charge >= 0.3 is 0 Å². The van der Waals surface area contributed by atoms with Crippen molar-refractivity contribution < 1.29 is 22.7 Å². The van der Waals surface area contributed by atoms with Crippen molar-refractivity contribution in [2.75, 3.05) is 24.8 Å². The number of ether oxygens (including phenoxy) is 2. The van der Waals surface area contributed by atoms with Crippen LogP contribution in [-0.2, 0) is 9.84 Å². The standard InChI is InChI=1S/C22H19NO5S/c1-29(25,26)19-8-6-18(7-9-19)23-22(24)17-4-2-3-15(13-17)16-5-10-20-21(14-16)28-12-11-27-20/h2-10,13-14H,11-12H2,1H3,(H,23,24). The molecule has 0 fully saturated rings. The lowest BCUT2D eigenvalue weighted by atomic mass is 10.0. The van der Waals surface area contributed by atoms with Crippen LogP contribution in [0.2, 0.25) is 0 Å². The summed E-state index contributed by atoms with van der Waals surface area (Å²) in [5, 5.41) is 2.79. The summed E-state index contributed by atoms with van der Waals surface area (Å²) >= 11 is 0. The minimum absolute atomic E-state index is 0.205. The normalized spacial score (nSPS) is 13.0. The first kappa shape index (κ1) is 19.0. The van der Waals surface area contributed by atoms with Gasteiger partial charge in [-0.25, -0.2) is 8.42 Å². The summed E-state index contributed by atoms with van der Waals surface area (Å²) in [5.41, 5.74) is 2.81. The molecule has 0 atom stereocenters. The van der Waals surface area contributed by atoms with Gasteiger partial charge in [-0.15, -0.1) is 0 Å². The van der Waals surface area contributed by atoms with Crippen LogP contribution in [0.15, 0.2) is 71.6 Å². The Bertz CT molecular complexity index is 1170. The number of nitrogens with one attached hydrogen (secondary N) is 1. The number of sulfone groups is 1. The summed E-state index contributed by atoms with van der Waals surface area (Å²) in [6.07, 6.45) is 1.14. The van der Waals surface area contributed by atoms with E-state index < -0.39 is 9.84 Å². The van der Waals surface area contributed by atoms with E-state index in [1.165, 1.54) is 12.1 Å². The van der Waals surface area contributed by atoms with Crippen molar-refractivity contribution in [1.29, 1.82) is 0 Å². The fraction of sp³-hybridized carbons (Fsp3) is 0.136. The van der Waals surface area contributed by atoms with Crippen molar-refractivity contribution in [2.24, 2.45) is 0 Å². The zero-order valence-corrected chi connectivity index (χ0v) is 16.5. The molecular weight excluding hydrogens is 390 g/mol. The Balaban J connectivity index is 1.54. The highest BCUT2D eigenvalue weighted by molar-refractivity contribution is 7.90. The maximum Gasteiger partial charge on any atom is 0.255 e. The van der Waals surface area contributed by atoms with Crippen molar-refractivity contribution >= 4 is 21.4 Å². The highest BCUT2D eigenvalue weighted by atomic mass is 32.2. The monoisotopic (exact) mass is 409 g/mol. The number of hydrogen-bond acceptors (Lipinski definition) is 5. The number of amides is 1. The molecule has 0 unspecified atom stereocenters. The number of carbonyl (C=O) groups is 1. The molecule has 29 heavy (non-hydrogen) atoms. The van der Waals surface area contributed by atoms with Crippen molar-refractivity contribution in [3.05, 3.63) is 72.3 Å². The molecule has 1 N–H and O–H groups in total. The van der Waals surface area contributed by atoms with Crippen LogP contribution in [0, 0.1) is 0 Å². The van der Waals surface area contributed by atoms with Gasteiger partial charge < -0.3 is 14.8 Å². The predicted molar refractivity (Wildman–Crippen MR) is 110 cm³/mol. The van der Waals surface area contributed by atoms with E-state index in [9.17, 15) is 13.2 Å². The van der Waals surface area contributed by atoms with Gasteiger partial charge in [0.15, 0.2) is 21.3 Å². The molecule has 0 saturated carbocycles. The van der Waals surface area contributed by atoms with Crippen LogP contribution in [0.4, 0.5) is 5.69 Å². The van der Waals surface area contributed by atoms with Crippen molar-refractivity contribution in [3.63, 3.8) is 0 Å². The van der Waals surface area contributed by atoms with Crippen LogP contribution >= 0.6 is 0 Å². The molecule has 6 nitrogen and oxygen atoms in total. The average Bonchev–Trinajstić information content (AvgIpc) is 2.73. The zero-order valence-electron chi connectivity index (χ0n) is 15.7. The van der Waals surface area contributed by atoms with Gasteiger partial charge in [-0.2, -0.15) is 0 Å². The van der Waals surface area contributed by atoms with Crippen LogP contribution < -0.4 is 14.8 Å². The minimum Gasteiger partial charge on any atom is -0.486 e. The molecule has 0 saturated heterocycles. The lowest BCUT2D eigenvalue weighted by Crippen LogP contribution is -2.15. The highest BCUT2D eigenvalue weighted by Crippen LogP contribution is 2.34. The summed E-state index contributed by atoms with van der Waals surface area (Å²) in [7, 11) is -3.28. The summed E-state index contributed by atoms with van der Waals surface area (Å²) in [4.78, 5) is 12.8. The molecule has 4 rings (SSSR count). The van der Waals surface area contributed by atoms with Gasteiger partial charge in [-0.05, 0) is 59.7 Å². The van der Waals surface area contributed by atoms with E-state index in [4.69, 9.17) is 9.47 Å². The summed E-state index contributed by atoms with van der Waals surface area (Å²) in [6, 6.07) is 19.0. The van der Waals surface area contributed by atoms with E-state index in [2.05, 4.69) is 5.32 Å². The molecule has 1 aliphatic heterocycles. The van der Waals surface area contributed by atoms with Gasteiger partial charge in [0.05, 0.1) is 4.90 Å². The molecule has 0 spiro atoms. The van der Waals surface area contributed by atoms with Gasteiger partial charge in [0.2, 0.25) is 0 Å². The van der Waals surface area contributed by atoms with Crippen molar-refractivity contribution in [3.8, 4) is 22.6 Å². The SMILES string of the molecule is CS(=O)(=O)c1ccc(NC(=O)c2cccc(-c3ccc4c(c3)OCCO4)c2)cc1. The summed E-state index contributed by atoms with van der Waals surface area (Å²) in [6.45, 7) is 1.05. The molecular formula is C22H19NO5S. The Morgan fingerprint density at radius 1 is 0.862 bits per heavy atom. The van der Waals surface area contributed by atoms with E-state index in [0.29, 0.717) is 36.0 Å². The number of rotatable bonds is 4. The number of anilines is 1. The molecule has 3 aromatic rings. The van der Waals surface area contributed by atoms with Gasteiger partial charge in [0.1, 0.15) is 13.2 Å². The fourth-order valence-electron chi connectivity index (χ4n) is 3.05. The Labute approximate surface area is 169 Å². The van der Waals surface area contributed by atoms with Crippen LogP contribution in [0.25, 0.3) is 11.1 Å². The molecule has 0 aromatic heterocycles. The van der Waals surface area contributed by atoms with Gasteiger partial charge in [0, 0.05) is 17.5 Å². The summed E-state index contributed by atoms with van der Waals surface area (Å²) < 4.78 is 34.3. The largest absolute Gasteiger partial charge is 0.486 e. The molecule has 1 aliphatic rings. The number of benzene rings is 3. The Morgan fingerprint density at radius 3 is 2.28 bits per heavy atom. The third-order valence-electron chi connectivity index (χ3n) is 4.54. The first-order valence-electron chi connectivity index (χ1n) is 9.02. The first-order valence-corrected chi connectivity index (χ1v) is 10.9. The Kier molecular flexibility index (Phi) is 4.98. The molecule has 3 aromatic carbocycles. The zero-order chi connectivity index (χ0) is 20.4. The van der Waals surface area contributed by atoms with Crippen LogP contribution in [0.1, 0.15) is 10.4 Å². The second-order valence-corrected chi connectivity index (χ2v) is 8.71. The van der Waals surface area contributed by atoms with Gasteiger partial charge in [0.25, 0.3) is 5.91 Å². The molecule has 148 valence electrons. The molecule has 7 heteroatoms. The third kappa shape index (κ3) is 4.25. The quantitative estimate of drug-likeness (QED) is 0.709. The molecule has 0 radical (unpaired) electrons. The van der Waals surface area contributed by atoms with E-state index in [1.807, 2.05) is 30.3 Å². The smallest absolute Gasteiger partial charge is 0.255 e. The summed E-state index contributed by atoms with van der Waals surface area (Å²) in [5.74, 6) is 1.12. The Morgan fingerprint density at radius 2 is 1.55 bits per heavy atom. The van der Waals surface area contributed by atoms with E-state index in [-0.39, 0.29) is 10.8 Å². The Hall–Kier alpha value is -3.32. The van der Waals surface area contributed by atoms with Gasteiger partial charge in [-0.3, -0.25) is 4.79 Å². The maximum absolute atomic E-state index is 12.6. The molecule has 1 amide bonds. The number of fused-ring (bicyclic) bond motifs is 1. The van der Waals surface area contributed by atoms with Crippen LogP contribution in [0.5, 0.6) is 11.5 Å². The van der Waals surface area contributed by atoms with Gasteiger partial charge in [-0.1, -0.05) is 18.2 Å². The predicted octanol–water partition coefficient (Wildman–Crippen LogP) is 3.78. The molecule has 0 aliphatic carbocycles. The lowest BCUT2D eigenvalue weighted by Gasteiger charge is -2.19. The van der Waals surface area contributed by atoms with E-state index >= 15 is 0 Å². The number of hydrogen-bond donors (Lipinski definition) is 1. The highest BCUT2D eigenvalue weighted by Gasteiger charge is 2.14. The number of carbonyl (C=O) groups excluding carboxylic acids is 1. The molecule has 0 bridgehead atoms. The lowest BCUT2D eigenvalue weighted by molar-refractivity contribution is 0.102.